The van der Waals surface area contributed by atoms with Gasteiger partial charge in [0.25, 0.3) is 0 Å². The van der Waals surface area contributed by atoms with Gasteiger partial charge in [0, 0.05) is 0 Å². The number of nitrogens with one attached hydrogen (secondary N) is 1. The van der Waals surface area contributed by atoms with E-state index >= 15 is 0 Å². The molecule has 0 fully saturated rings. The molecule has 0 saturated heterocycles. The van der Waals surface area contributed by atoms with E-state index in [1.165, 1.54) is 11.1 Å². The quantitative estimate of drug-likeness (QED) is 0.730. The molecule has 1 heterocycles. The molecule has 2 heteroatoms. The minimum absolute atomic E-state index is 0.700. The Morgan fingerprint density at radius 1 is 1.50 bits per heavy atom. The molecule has 0 radical (unpaired) electrons. The summed E-state index contributed by atoms with van der Waals surface area (Å²) < 4.78 is 5.28. The van der Waals surface area contributed by atoms with Gasteiger partial charge in [0.2, 0.25) is 0 Å². The van der Waals surface area contributed by atoms with Gasteiger partial charge >= 0.3 is 0 Å². The van der Waals surface area contributed by atoms with Crippen LogP contribution < -0.4 is 5.32 Å². The molecule has 0 aliphatic carbocycles. The van der Waals surface area contributed by atoms with Gasteiger partial charge in [-0.05, 0) is 38.6 Å². The molecule has 0 atom stereocenters. The monoisotopic (exact) mass is 195 g/mol. The Kier molecular flexibility index (Phi) is 7.07. The molecule has 0 spiro atoms. The van der Waals surface area contributed by atoms with E-state index in [-0.39, 0.29) is 0 Å². The van der Waals surface area contributed by atoms with Gasteiger partial charge in [0.15, 0.2) is 0 Å². The number of allylic oxidation sites excluding steroid dienone is 1. The summed E-state index contributed by atoms with van der Waals surface area (Å²) in [5.41, 5.74) is 3.67. The van der Waals surface area contributed by atoms with Gasteiger partial charge < -0.3 is 10.1 Å². The Hall–Kier alpha value is -0.860. The third-order valence-electron chi connectivity index (χ3n) is 1.90. The molecule has 1 N–H and O–H groups in total. The third-order valence-corrected chi connectivity index (χ3v) is 1.90. The Balaban J connectivity index is 0.000000500. The van der Waals surface area contributed by atoms with Crippen molar-refractivity contribution < 1.29 is 4.74 Å². The fourth-order valence-electron chi connectivity index (χ4n) is 1.27. The molecule has 0 amide bonds. The molecule has 0 bridgehead atoms. The molecule has 2 nitrogen and oxygen atoms in total. The van der Waals surface area contributed by atoms with Crippen LogP contribution >= 0.6 is 0 Å². The molecule has 80 valence electrons. The highest BCUT2D eigenvalue weighted by Gasteiger charge is 2.10. The molecule has 0 aromatic rings. The van der Waals surface area contributed by atoms with Crippen molar-refractivity contribution in [3.8, 4) is 0 Å². The van der Waals surface area contributed by atoms with Crippen molar-refractivity contribution in [2.24, 2.45) is 0 Å². The molecule has 0 aromatic carbocycles. The van der Waals surface area contributed by atoms with Gasteiger partial charge in [-0.25, -0.2) is 0 Å². The normalized spacial score (nSPS) is 15.6. The summed E-state index contributed by atoms with van der Waals surface area (Å²) in [6, 6.07) is 0. The first kappa shape index (κ1) is 13.1. The summed E-state index contributed by atoms with van der Waals surface area (Å²) in [6.45, 7) is 11.2. The van der Waals surface area contributed by atoms with E-state index < -0.39 is 0 Å². The zero-order valence-corrected chi connectivity index (χ0v) is 9.52. The molecule has 1 aliphatic heterocycles. The lowest BCUT2D eigenvalue weighted by Crippen LogP contribution is -2.10. The highest BCUT2D eigenvalue weighted by molar-refractivity contribution is 5.38. The van der Waals surface area contributed by atoms with Crippen molar-refractivity contribution in [3.63, 3.8) is 0 Å². The first-order valence-corrected chi connectivity index (χ1v) is 4.83. The van der Waals surface area contributed by atoms with E-state index in [2.05, 4.69) is 18.5 Å². The van der Waals surface area contributed by atoms with Crippen LogP contribution in [0.3, 0.4) is 0 Å². The van der Waals surface area contributed by atoms with Gasteiger partial charge in [-0.15, -0.1) is 0 Å². The SMILES string of the molecule is C=CC1=C(C(=C)C)CCOC1.CNC. The molecule has 1 aliphatic rings. The topological polar surface area (TPSA) is 21.3 Å². The zero-order valence-electron chi connectivity index (χ0n) is 9.52. The maximum Gasteiger partial charge on any atom is 0.0719 e. The van der Waals surface area contributed by atoms with Crippen LogP contribution in [-0.4, -0.2) is 27.3 Å². The molecular weight excluding hydrogens is 174 g/mol. The molecular formula is C12H21NO. The second kappa shape index (κ2) is 7.54. The predicted octanol–water partition coefficient (Wildman–Crippen LogP) is 2.30. The number of rotatable bonds is 2. The first-order valence-electron chi connectivity index (χ1n) is 4.83. The van der Waals surface area contributed by atoms with Crippen molar-refractivity contribution in [2.45, 2.75) is 13.3 Å². The van der Waals surface area contributed by atoms with Crippen LogP contribution in [0.15, 0.2) is 36.0 Å². The van der Waals surface area contributed by atoms with Crippen LogP contribution in [-0.2, 0) is 4.74 Å². The Morgan fingerprint density at radius 3 is 2.43 bits per heavy atom. The Bertz CT molecular complexity index is 228. The maximum atomic E-state index is 5.28. The summed E-state index contributed by atoms with van der Waals surface area (Å²) in [4.78, 5) is 0. The van der Waals surface area contributed by atoms with E-state index in [1.807, 2.05) is 27.1 Å². The molecule has 0 unspecified atom stereocenters. The zero-order chi connectivity index (χ0) is 11.0. The summed E-state index contributed by atoms with van der Waals surface area (Å²) >= 11 is 0. The average Bonchev–Trinajstić information content (AvgIpc) is 2.19. The van der Waals surface area contributed by atoms with Crippen LogP contribution in [0.4, 0.5) is 0 Å². The van der Waals surface area contributed by atoms with E-state index in [1.54, 1.807) is 0 Å². The second-order valence-electron chi connectivity index (χ2n) is 3.29. The summed E-state index contributed by atoms with van der Waals surface area (Å²) in [5, 5.41) is 2.75. The highest BCUT2D eigenvalue weighted by Crippen LogP contribution is 2.21. The van der Waals surface area contributed by atoms with Crippen molar-refractivity contribution >= 4 is 0 Å². The third kappa shape index (κ3) is 4.40. The highest BCUT2D eigenvalue weighted by atomic mass is 16.5. The van der Waals surface area contributed by atoms with Gasteiger partial charge in [-0.1, -0.05) is 24.8 Å². The van der Waals surface area contributed by atoms with Crippen LogP contribution in [0.25, 0.3) is 0 Å². The van der Waals surface area contributed by atoms with Crippen molar-refractivity contribution in [1.29, 1.82) is 0 Å². The van der Waals surface area contributed by atoms with E-state index in [0.717, 1.165) is 18.6 Å². The van der Waals surface area contributed by atoms with Crippen LogP contribution in [0.5, 0.6) is 0 Å². The Labute approximate surface area is 87.3 Å². The summed E-state index contributed by atoms with van der Waals surface area (Å²) in [7, 11) is 3.75. The fourth-order valence-corrected chi connectivity index (χ4v) is 1.27. The first-order chi connectivity index (χ1) is 6.67. The Morgan fingerprint density at radius 2 is 2.07 bits per heavy atom. The van der Waals surface area contributed by atoms with Crippen molar-refractivity contribution in [2.75, 3.05) is 27.3 Å². The standard InChI is InChI=1S/C10H14O.C2H7N/c1-4-9-7-11-6-5-10(9)8(2)3;1-3-2/h4H,1-2,5-7H2,3H3;3H,1-2H3. The van der Waals surface area contributed by atoms with E-state index in [4.69, 9.17) is 4.74 Å². The van der Waals surface area contributed by atoms with Gasteiger partial charge in [0.1, 0.15) is 0 Å². The maximum absolute atomic E-state index is 5.28. The average molecular weight is 195 g/mol. The minimum atomic E-state index is 0.700. The summed E-state index contributed by atoms with van der Waals surface area (Å²) in [5.74, 6) is 0. The fraction of sp³-hybridized carbons (Fsp3) is 0.500. The lowest BCUT2D eigenvalue weighted by Gasteiger charge is -2.18. The van der Waals surface area contributed by atoms with Gasteiger partial charge in [-0.3, -0.25) is 0 Å². The number of hydrogen-bond acceptors (Lipinski definition) is 2. The van der Waals surface area contributed by atoms with Crippen LogP contribution in [0.1, 0.15) is 13.3 Å². The van der Waals surface area contributed by atoms with Gasteiger partial charge in [-0.2, -0.15) is 0 Å². The van der Waals surface area contributed by atoms with E-state index in [0.29, 0.717) is 6.61 Å². The van der Waals surface area contributed by atoms with E-state index in [9.17, 15) is 0 Å². The predicted molar refractivity (Wildman–Crippen MR) is 62.5 cm³/mol. The number of ether oxygens (including phenoxy) is 1. The number of hydrogen-bond donors (Lipinski definition) is 1. The van der Waals surface area contributed by atoms with Crippen LogP contribution in [0.2, 0.25) is 0 Å². The molecule has 0 saturated carbocycles. The summed E-state index contributed by atoms with van der Waals surface area (Å²) in [6.07, 6.45) is 2.85. The van der Waals surface area contributed by atoms with Crippen molar-refractivity contribution in [3.05, 3.63) is 36.0 Å². The van der Waals surface area contributed by atoms with Crippen LogP contribution in [0, 0.1) is 0 Å². The smallest absolute Gasteiger partial charge is 0.0719 e. The molecule has 1 rings (SSSR count). The van der Waals surface area contributed by atoms with Crippen molar-refractivity contribution in [1.82, 2.24) is 5.32 Å². The second-order valence-corrected chi connectivity index (χ2v) is 3.29. The largest absolute Gasteiger partial charge is 0.376 e. The minimum Gasteiger partial charge on any atom is -0.376 e. The molecule has 0 aromatic heterocycles. The lowest BCUT2D eigenvalue weighted by molar-refractivity contribution is 0.149. The lowest BCUT2D eigenvalue weighted by atomic mass is 9.98. The molecule has 14 heavy (non-hydrogen) atoms. The van der Waals surface area contributed by atoms with Gasteiger partial charge in [0.05, 0.1) is 13.2 Å².